The quantitative estimate of drug-likeness (QED) is 0.181. The Kier molecular flexibility index (Phi) is 12.7. The zero-order valence-electron chi connectivity index (χ0n) is 26.7. The fourth-order valence-corrected chi connectivity index (χ4v) is 4.67. The number of halogens is 9. The van der Waals surface area contributed by atoms with Crippen molar-refractivity contribution in [1.29, 1.82) is 0 Å². The molecule has 0 aromatic carbocycles. The third-order valence-electron chi connectivity index (χ3n) is 7.44. The topological polar surface area (TPSA) is 243 Å². The van der Waals surface area contributed by atoms with Crippen molar-refractivity contribution in [1.82, 2.24) is 46.5 Å². The Balaban J connectivity index is 0.000000220. The van der Waals surface area contributed by atoms with Crippen LogP contribution in [0.4, 0.5) is 39.5 Å². The number of dihydropyridines is 3. The van der Waals surface area contributed by atoms with Crippen molar-refractivity contribution in [3.05, 3.63) is 126 Å². The van der Waals surface area contributed by atoms with Crippen LogP contribution < -0.4 is 31.3 Å². The molecule has 294 valence electrons. The summed E-state index contributed by atoms with van der Waals surface area (Å²) in [5, 5.41) is 56.1. The zero-order valence-corrected chi connectivity index (χ0v) is 29.1. The number of aromatic nitrogens is 6. The molecule has 3 unspecified atom stereocenters. The van der Waals surface area contributed by atoms with E-state index in [4.69, 9.17) is 0 Å². The van der Waals surface area contributed by atoms with Crippen molar-refractivity contribution in [2.24, 2.45) is 0 Å². The minimum atomic E-state index is -4.64. The van der Waals surface area contributed by atoms with Gasteiger partial charge in [0.25, 0.3) is 0 Å². The van der Waals surface area contributed by atoms with Crippen LogP contribution in [0.3, 0.4) is 0 Å². The van der Waals surface area contributed by atoms with Crippen molar-refractivity contribution in [2.75, 3.05) is 0 Å². The van der Waals surface area contributed by atoms with Gasteiger partial charge in [-0.2, -0.15) is 54.8 Å². The van der Waals surface area contributed by atoms with Crippen LogP contribution in [0, 0.1) is 0 Å². The summed E-state index contributed by atoms with van der Waals surface area (Å²) in [5.41, 5.74) is -9.95. The summed E-state index contributed by atoms with van der Waals surface area (Å²) in [7, 11) is 0. The minimum Gasteiger partial charge on any atom is -0.547 e. The summed E-state index contributed by atoms with van der Waals surface area (Å²) in [6.45, 7) is 0. The summed E-state index contributed by atoms with van der Waals surface area (Å²) in [4.78, 5) is 33.4. The van der Waals surface area contributed by atoms with E-state index in [0.717, 1.165) is 0 Å². The first kappa shape index (κ1) is 43.3. The van der Waals surface area contributed by atoms with Gasteiger partial charge >= 0.3 is 38.6 Å². The number of aliphatic carboxylic acids is 3. The van der Waals surface area contributed by atoms with Crippen LogP contribution in [0.15, 0.2) is 91.5 Å². The monoisotopic (exact) mass is 967 g/mol. The summed E-state index contributed by atoms with van der Waals surface area (Å²) in [6.07, 6.45) is 2.16. The van der Waals surface area contributed by atoms with E-state index in [0.29, 0.717) is 18.2 Å². The molecule has 55 heavy (non-hydrogen) atoms. The maximum atomic E-state index is 12.4. The fourth-order valence-electron chi connectivity index (χ4n) is 4.67. The Morgan fingerprint density at radius 3 is 0.855 bits per heavy atom. The molecule has 25 heteroatoms. The van der Waals surface area contributed by atoms with Crippen LogP contribution in [0.5, 0.6) is 0 Å². The number of H-pyrrole nitrogens is 3. The molecule has 3 atom stereocenters. The van der Waals surface area contributed by atoms with E-state index in [1.54, 1.807) is 0 Å². The number of carboxylic acids is 3. The second-order valence-corrected chi connectivity index (χ2v) is 10.9. The molecule has 6 heterocycles. The van der Waals surface area contributed by atoms with E-state index < -0.39 is 70.1 Å². The number of carbonyl (C=O) groups excluding carboxylic acids is 3. The predicted molar refractivity (Wildman–Crippen MR) is 155 cm³/mol. The number of nitrogens with one attached hydrogen (secondary N) is 6. The number of allylic oxidation sites excluding steroid dienone is 6. The van der Waals surface area contributed by atoms with E-state index in [2.05, 4.69) is 46.5 Å². The van der Waals surface area contributed by atoms with Gasteiger partial charge in [-0.1, -0.05) is 18.2 Å². The molecule has 0 fully saturated rings. The van der Waals surface area contributed by atoms with E-state index in [9.17, 15) is 69.2 Å². The summed E-state index contributed by atoms with van der Waals surface area (Å²) >= 11 is 0. The van der Waals surface area contributed by atoms with E-state index in [1.165, 1.54) is 73.3 Å². The van der Waals surface area contributed by atoms with Gasteiger partial charge in [0.15, 0.2) is 17.1 Å². The number of alkyl halides is 9. The summed E-state index contributed by atoms with van der Waals surface area (Å²) in [6, 6.07) is 1.89. The SMILES string of the molecule is O=C([O-])C1(c2cc(C(F)(F)F)n[nH]2)C=CC=CN1.O=C([O-])C1(c2cc(C(F)(F)F)n[nH]2)C=CC=CN1.O=C([O-])C1(c2cc(C(F)(F)F)n[nH]2)C=CC=CN1.[Ir+3]. The number of rotatable bonds is 6. The molecule has 0 bridgehead atoms. The first-order valence-corrected chi connectivity index (χ1v) is 14.5. The van der Waals surface area contributed by atoms with Crippen molar-refractivity contribution < 1.29 is 89.3 Å². The van der Waals surface area contributed by atoms with Gasteiger partial charge < -0.3 is 45.7 Å². The maximum absolute atomic E-state index is 12.4. The molecule has 3 aliphatic rings. The molecule has 0 spiro atoms. The molecule has 0 radical (unpaired) electrons. The second-order valence-electron chi connectivity index (χ2n) is 10.9. The van der Waals surface area contributed by atoms with Gasteiger partial charge in [0, 0.05) is 0 Å². The molecular formula is C30H21F9IrN9O6. The Morgan fingerprint density at radius 1 is 0.473 bits per heavy atom. The van der Waals surface area contributed by atoms with E-state index in [-0.39, 0.29) is 37.2 Å². The Morgan fingerprint density at radius 2 is 0.709 bits per heavy atom. The molecule has 0 saturated carbocycles. The van der Waals surface area contributed by atoms with Gasteiger partial charge in [0.2, 0.25) is 0 Å². The molecule has 6 N–H and O–H groups in total. The molecule has 0 amide bonds. The van der Waals surface area contributed by atoms with Crippen molar-refractivity contribution in [2.45, 2.75) is 35.1 Å². The van der Waals surface area contributed by atoms with E-state index >= 15 is 0 Å². The van der Waals surface area contributed by atoms with Crippen LogP contribution in [0.2, 0.25) is 0 Å². The third kappa shape index (κ3) is 9.17. The van der Waals surface area contributed by atoms with Gasteiger partial charge in [-0.25, -0.2) is 0 Å². The number of hydrogen-bond acceptors (Lipinski definition) is 12. The fraction of sp³-hybridized carbons (Fsp3) is 0.200. The van der Waals surface area contributed by atoms with Crippen molar-refractivity contribution >= 4 is 17.9 Å². The van der Waals surface area contributed by atoms with Crippen LogP contribution in [0.1, 0.15) is 34.2 Å². The third-order valence-corrected chi connectivity index (χ3v) is 7.44. The number of aromatic amines is 3. The molecule has 6 rings (SSSR count). The van der Waals surface area contributed by atoms with Gasteiger partial charge in [-0.15, -0.1) is 0 Å². The largest absolute Gasteiger partial charge is 3.00 e. The summed E-state index contributed by atoms with van der Waals surface area (Å²) in [5.74, 6) is -4.75. The van der Waals surface area contributed by atoms with Crippen LogP contribution in [-0.2, 0) is 69.6 Å². The number of carbonyl (C=O) groups is 3. The molecule has 0 aliphatic carbocycles. The van der Waals surface area contributed by atoms with Gasteiger partial charge in [0.1, 0.15) is 16.6 Å². The van der Waals surface area contributed by atoms with Gasteiger partial charge in [-0.05, 0) is 73.3 Å². The molecule has 3 aromatic rings. The maximum Gasteiger partial charge on any atom is 3.00 e. The molecule has 3 aromatic heterocycles. The standard InChI is InChI=1S/3C10H8F3N3O2.Ir/c3*11-10(12,13)7-5-6(15-16-7)9(8(17)18)3-1-2-4-14-9;/h3*1-5,14H,(H,15,16)(H,17,18);/q;;;+3/p-3. The predicted octanol–water partition coefficient (Wildman–Crippen LogP) is 0.138. The van der Waals surface area contributed by atoms with Crippen molar-refractivity contribution in [3.63, 3.8) is 0 Å². The number of hydrogen-bond donors (Lipinski definition) is 6. The minimum absolute atomic E-state index is 0. The number of carboxylic acid groups (broad SMARTS) is 3. The number of nitrogens with zero attached hydrogens (tertiary/aromatic N) is 3. The first-order chi connectivity index (χ1) is 25.1. The normalized spacial score (nSPS) is 22.4. The average Bonchev–Trinajstić information content (AvgIpc) is 3.91. The van der Waals surface area contributed by atoms with Crippen LogP contribution in [-0.4, -0.2) is 48.5 Å². The Bertz CT molecular complexity index is 1830. The Labute approximate surface area is 314 Å². The van der Waals surface area contributed by atoms with Crippen LogP contribution in [0.25, 0.3) is 0 Å². The first-order valence-electron chi connectivity index (χ1n) is 14.5. The van der Waals surface area contributed by atoms with Crippen molar-refractivity contribution in [3.8, 4) is 0 Å². The molecule has 15 nitrogen and oxygen atoms in total. The second kappa shape index (κ2) is 16.1. The zero-order chi connectivity index (χ0) is 40.2. The van der Waals surface area contributed by atoms with Gasteiger partial charge in [-0.3, -0.25) is 15.3 Å². The molecule has 0 saturated heterocycles. The van der Waals surface area contributed by atoms with E-state index in [1.807, 2.05) is 0 Å². The summed E-state index contributed by atoms with van der Waals surface area (Å²) < 4.78 is 112. The van der Waals surface area contributed by atoms with Crippen LogP contribution >= 0.6 is 0 Å². The molecular weight excluding hydrogens is 946 g/mol. The Hall–Kier alpha value is -6.10. The average molecular weight is 967 g/mol. The van der Waals surface area contributed by atoms with Gasteiger partial charge in [0.05, 0.1) is 35.0 Å². The molecule has 3 aliphatic heterocycles. The smallest absolute Gasteiger partial charge is 0.547 e.